The summed E-state index contributed by atoms with van der Waals surface area (Å²) in [6.45, 7) is 5.15. The van der Waals surface area contributed by atoms with Crippen molar-refractivity contribution in [1.82, 2.24) is 5.06 Å². The Labute approximate surface area is 198 Å². The Bertz CT molecular complexity index is 528. The first-order chi connectivity index (χ1) is 15.8. The molecule has 4 heteroatoms. The van der Waals surface area contributed by atoms with Crippen LogP contribution in [-0.2, 0) is 9.63 Å². The normalized spacial score (nSPS) is 15.4. The summed E-state index contributed by atoms with van der Waals surface area (Å²) in [6.07, 6.45) is 32.5. The average Bonchev–Trinajstić information content (AvgIpc) is 2.80. The molecule has 4 nitrogen and oxygen atoms in total. The molecular formula is C28H50N2O2. The van der Waals surface area contributed by atoms with Crippen molar-refractivity contribution < 1.29 is 9.63 Å². The Hall–Kier alpha value is -1.42. The fourth-order valence-corrected chi connectivity index (χ4v) is 3.97. The maximum Gasteiger partial charge on any atom is 0.268 e. The van der Waals surface area contributed by atoms with Crippen molar-refractivity contribution in [2.45, 2.75) is 129 Å². The Morgan fingerprint density at radius 2 is 1.47 bits per heavy atom. The molecule has 0 N–H and O–H groups in total. The van der Waals surface area contributed by atoms with Crippen LogP contribution in [0.15, 0.2) is 29.3 Å². The third-order valence-corrected chi connectivity index (χ3v) is 6.03. The number of aliphatic imine (C=N–C) groups is 1. The maximum atomic E-state index is 12.0. The van der Waals surface area contributed by atoms with Gasteiger partial charge in [0.1, 0.15) is 12.6 Å². The summed E-state index contributed by atoms with van der Waals surface area (Å²) in [5.74, 6) is -0.0495. The first kappa shape index (κ1) is 28.6. The van der Waals surface area contributed by atoms with Gasteiger partial charge in [-0.15, -0.1) is 0 Å². The van der Waals surface area contributed by atoms with Crippen molar-refractivity contribution in [3.63, 3.8) is 0 Å². The largest absolute Gasteiger partial charge is 0.286 e. The number of nitrogens with zero attached hydrogens (tertiary/aromatic N) is 2. The molecule has 0 radical (unpaired) electrons. The van der Waals surface area contributed by atoms with Gasteiger partial charge in [-0.2, -0.15) is 0 Å². The summed E-state index contributed by atoms with van der Waals surface area (Å²) in [5, 5.41) is 1.47. The first-order valence-electron chi connectivity index (χ1n) is 13.6. The van der Waals surface area contributed by atoms with Gasteiger partial charge in [-0.05, 0) is 19.3 Å². The van der Waals surface area contributed by atoms with Crippen LogP contribution in [0.25, 0.3) is 0 Å². The topological polar surface area (TPSA) is 41.9 Å². The van der Waals surface area contributed by atoms with Crippen molar-refractivity contribution in [2.24, 2.45) is 4.99 Å². The van der Waals surface area contributed by atoms with Crippen LogP contribution in [0.1, 0.15) is 123 Å². The molecule has 0 saturated heterocycles. The van der Waals surface area contributed by atoms with Gasteiger partial charge in [-0.3, -0.25) is 14.6 Å². The summed E-state index contributed by atoms with van der Waals surface area (Å²) in [5.41, 5.74) is 0. The van der Waals surface area contributed by atoms with Gasteiger partial charge in [0, 0.05) is 6.21 Å². The Balaban J connectivity index is 2.15. The molecule has 0 aromatic rings. The highest BCUT2D eigenvalue weighted by atomic mass is 16.7. The zero-order valence-electron chi connectivity index (χ0n) is 21.1. The van der Waals surface area contributed by atoms with Gasteiger partial charge < -0.3 is 0 Å². The summed E-state index contributed by atoms with van der Waals surface area (Å²) in [7, 11) is 0. The highest BCUT2D eigenvalue weighted by molar-refractivity contribution is 5.84. The number of hydrogen-bond donors (Lipinski definition) is 0. The van der Waals surface area contributed by atoms with Crippen molar-refractivity contribution >= 4 is 12.1 Å². The van der Waals surface area contributed by atoms with Crippen LogP contribution in [0.4, 0.5) is 0 Å². The van der Waals surface area contributed by atoms with Crippen LogP contribution in [-0.4, -0.2) is 36.4 Å². The minimum absolute atomic E-state index is 0.0473. The van der Waals surface area contributed by atoms with Gasteiger partial charge in [-0.1, -0.05) is 128 Å². The standard InChI is InChI=1S/C28H50N2O2/c1-3-5-7-9-10-11-12-13-14-15-16-17-18-19-21-23-27(22-20-8-6-4-2)32-30-25-24-29-26-28(30)31/h18-19,21,23-24,27H,3-17,20,22,25-26H2,1-2H3. The molecule has 0 aromatic carbocycles. The van der Waals surface area contributed by atoms with E-state index in [0.29, 0.717) is 6.54 Å². The van der Waals surface area contributed by atoms with Crippen LogP contribution >= 0.6 is 0 Å². The van der Waals surface area contributed by atoms with Crippen LogP contribution in [0.5, 0.6) is 0 Å². The minimum Gasteiger partial charge on any atom is -0.286 e. The smallest absolute Gasteiger partial charge is 0.268 e. The van der Waals surface area contributed by atoms with Crippen molar-refractivity contribution in [2.75, 3.05) is 13.1 Å². The highest BCUT2D eigenvalue weighted by Crippen LogP contribution is 2.14. The predicted molar refractivity (Wildman–Crippen MR) is 138 cm³/mol. The van der Waals surface area contributed by atoms with Crippen molar-refractivity contribution in [1.29, 1.82) is 0 Å². The maximum absolute atomic E-state index is 12.0. The molecule has 1 rings (SSSR count). The third-order valence-electron chi connectivity index (χ3n) is 6.03. The van der Waals surface area contributed by atoms with E-state index in [1.165, 1.54) is 95.0 Å². The molecule has 1 unspecified atom stereocenters. The summed E-state index contributed by atoms with van der Waals surface area (Å²) in [4.78, 5) is 22.0. The lowest BCUT2D eigenvalue weighted by Crippen LogP contribution is -2.40. The molecule has 1 aliphatic heterocycles. The second kappa shape index (κ2) is 21.4. The number of unbranched alkanes of at least 4 members (excludes halogenated alkanes) is 14. The predicted octanol–water partition coefficient (Wildman–Crippen LogP) is 7.98. The molecule has 32 heavy (non-hydrogen) atoms. The fraction of sp³-hybridized carbons (Fsp3) is 0.786. The third kappa shape index (κ3) is 16.2. The Morgan fingerprint density at radius 3 is 2.09 bits per heavy atom. The van der Waals surface area contributed by atoms with E-state index in [1.54, 1.807) is 6.21 Å². The molecular weight excluding hydrogens is 396 g/mol. The van der Waals surface area contributed by atoms with Gasteiger partial charge in [0.05, 0.1) is 6.54 Å². The van der Waals surface area contributed by atoms with E-state index in [9.17, 15) is 4.79 Å². The molecule has 1 atom stereocenters. The van der Waals surface area contributed by atoms with Gasteiger partial charge in [-0.25, -0.2) is 5.06 Å². The Morgan fingerprint density at radius 1 is 0.875 bits per heavy atom. The number of amides is 1. The number of carbonyl (C=O) groups is 1. The van der Waals surface area contributed by atoms with E-state index in [0.717, 1.165) is 19.3 Å². The zero-order chi connectivity index (χ0) is 23.1. The first-order valence-corrected chi connectivity index (χ1v) is 13.6. The summed E-state index contributed by atoms with van der Waals surface area (Å²) in [6, 6.07) is 0. The second-order valence-corrected chi connectivity index (χ2v) is 9.11. The molecule has 0 aliphatic carbocycles. The van der Waals surface area contributed by atoms with Crippen LogP contribution in [0.3, 0.4) is 0 Å². The van der Waals surface area contributed by atoms with E-state index in [4.69, 9.17) is 4.84 Å². The molecule has 0 aromatic heterocycles. The van der Waals surface area contributed by atoms with Gasteiger partial charge in [0.25, 0.3) is 5.91 Å². The molecule has 0 spiro atoms. The molecule has 0 bridgehead atoms. The van der Waals surface area contributed by atoms with E-state index in [1.807, 2.05) is 0 Å². The van der Waals surface area contributed by atoms with Crippen LogP contribution < -0.4 is 0 Å². The molecule has 184 valence electrons. The lowest BCUT2D eigenvalue weighted by atomic mass is 10.1. The summed E-state index contributed by atoms with van der Waals surface area (Å²) < 4.78 is 0. The Kier molecular flexibility index (Phi) is 19.2. The molecule has 1 aliphatic rings. The number of allylic oxidation sites excluding steroid dienone is 3. The SMILES string of the molecule is CCCCCCCCCCCCCC=CC=CC(CCCCCC)ON1CC=NCC1=O. The average molecular weight is 447 g/mol. The summed E-state index contributed by atoms with van der Waals surface area (Å²) >= 11 is 0. The minimum atomic E-state index is -0.0495. The monoisotopic (exact) mass is 446 g/mol. The van der Waals surface area contributed by atoms with Crippen molar-refractivity contribution in [3.8, 4) is 0 Å². The molecule has 0 fully saturated rings. The van der Waals surface area contributed by atoms with Gasteiger partial charge in [0.2, 0.25) is 0 Å². The van der Waals surface area contributed by atoms with Crippen molar-refractivity contribution in [3.05, 3.63) is 24.3 Å². The molecule has 1 amide bonds. The lowest BCUT2D eigenvalue weighted by molar-refractivity contribution is -0.193. The molecule has 1 heterocycles. The lowest BCUT2D eigenvalue weighted by Gasteiger charge is -2.26. The van der Waals surface area contributed by atoms with E-state index >= 15 is 0 Å². The van der Waals surface area contributed by atoms with E-state index < -0.39 is 0 Å². The van der Waals surface area contributed by atoms with Gasteiger partial charge in [0.15, 0.2) is 0 Å². The van der Waals surface area contributed by atoms with Crippen LogP contribution in [0.2, 0.25) is 0 Å². The quantitative estimate of drug-likeness (QED) is 0.132. The zero-order valence-corrected chi connectivity index (χ0v) is 21.1. The second-order valence-electron chi connectivity index (χ2n) is 9.11. The number of hydroxylamine groups is 2. The highest BCUT2D eigenvalue weighted by Gasteiger charge is 2.19. The number of carbonyl (C=O) groups excluding carboxylic acids is 1. The van der Waals surface area contributed by atoms with Crippen LogP contribution in [0, 0.1) is 0 Å². The molecule has 0 saturated carbocycles. The number of hydrogen-bond acceptors (Lipinski definition) is 3. The van der Waals surface area contributed by atoms with E-state index in [-0.39, 0.29) is 18.6 Å². The van der Waals surface area contributed by atoms with E-state index in [2.05, 4.69) is 43.1 Å². The van der Waals surface area contributed by atoms with Gasteiger partial charge >= 0.3 is 0 Å². The fourth-order valence-electron chi connectivity index (χ4n) is 3.97. The number of rotatable bonds is 21.